The molecule has 230 valence electrons. The van der Waals surface area contributed by atoms with Crippen molar-refractivity contribution in [2.45, 2.75) is 0 Å². The minimum atomic E-state index is 0.866. The van der Waals surface area contributed by atoms with Gasteiger partial charge in [0.1, 0.15) is 17.1 Å². The molecule has 8 aromatic carbocycles. The van der Waals surface area contributed by atoms with Crippen LogP contribution in [0.3, 0.4) is 0 Å². The maximum atomic E-state index is 6.63. The number of anilines is 3. The number of para-hydroxylation sites is 3. The van der Waals surface area contributed by atoms with Gasteiger partial charge in [0.25, 0.3) is 0 Å². The molecule has 3 nitrogen and oxygen atoms in total. The molecule has 0 bridgehead atoms. The third-order valence-corrected chi connectivity index (χ3v) is 9.66. The van der Waals surface area contributed by atoms with Crippen molar-refractivity contribution in [3.8, 4) is 44.9 Å². The molecule has 0 radical (unpaired) electrons. The molecule has 0 aliphatic carbocycles. The van der Waals surface area contributed by atoms with Crippen molar-refractivity contribution in [2.24, 2.45) is 0 Å². The Hall–Kier alpha value is -6.58. The largest absolute Gasteiger partial charge is 0.456 e. The first kappa shape index (κ1) is 27.5. The SMILES string of the molecule is c1ccc(-c2ccc3c(c2)Oc2ccc(-c4cccc(N(c5ccccc5)c5cccc6c5oc5ccccc56)c4)c4cccc-3c24)cc1. The van der Waals surface area contributed by atoms with Gasteiger partial charge < -0.3 is 14.1 Å². The molecule has 9 aromatic rings. The van der Waals surface area contributed by atoms with Gasteiger partial charge in [0.15, 0.2) is 5.58 Å². The summed E-state index contributed by atoms with van der Waals surface area (Å²) in [7, 11) is 0. The predicted molar refractivity (Wildman–Crippen MR) is 202 cm³/mol. The van der Waals surface area contributed by atoms with Crippen LogP contribution in [0.25, 0.3) is 66.1 Å². The number of fused-ring (bicyclic) bond motifs is 5. The standard InChI is InChI=1S/C46H29NO2/c1-3-12-30(13-4-1)31-24-25-37-39-20-10-19-38-35(26-27-43(45(38)39)48-44(37)29-31)32-14-9-17-34(28-32)47(33-15-5-2-6-16-33)41-22-11-21-40-36-18-7-8-23-42(36)49-46(40)41/h1-29H. The molecule has 0 spiro atoms. The Labute approximate surface area is 283 Å². The molecule has 49 heavy (non-hydrogen) atoms. The number of nitrogens with zero attached hydrogens (tertiary/aromatic N) is 1. The summed E-state index contributed by atoms with van der Waals surface area (Å²) in [6, 6.07) is 61.8. The topological polar surface area (TPSA) is 25.6 Å². The molecule has 0 amide bonds. The van der Waals surface area contributed by atoms with E-state index in [2.05, 4.69) is 163 Å². The highest BCUT2D eigenvalue weighted by Crippen LogP contribution is 2.50. The molecular formula is C46H29NO2. The molecular weight excluding hydrogens is 599 g/mol. The van der Waals surface area contributed by atoms with Gasteiger partial charge in [0.05, 0.1) is 5.69 Å². The van der Waals surface area contributed by atoms with Crippen LogP contribution < -0.4 is 9.64 Å². The zero-order valence-corrected chi connectivity index (χ0v) is 26.5. The number of furan rings is 1. The Kier molecular flexibility index (Phi) is 6.18. The Balaban J connectivity index is 1.12. The number of hydrogen-bond acceptors (Lipinski definition) is 3. The van der Waals surface area contributed by atoms with Crippen molar-refractivity contribution in [3.05, 3.63) is 176 Å². The predicted octanol–water partition coefficient (Wildman–Crippen LogP) is 13.3. The van der Waals surface area contributed by atoms with Gasteiger partial charge in [-0.3, -0.25) is 0 Å². The van der Waals surface area contributed by atoms with Crippen LogP contribution in [-0.4, -0.2) is 0 Å². The third kappa shape index (κ3) is 4.44. The highest BCUT2D eigenvalue weighted by molar-refractivity contribution is 6.12. The summed E-state index contributed by atoms with van der Waals surface area (Å²) in [5.41, 5.74) is 11.8. The number of hydrogen-bond donors (Lipinski definition) is 0. The Morgan fingerprint density at radius 3 is 1.98 bits per heavy atom. The molecule has 0 unspecified atom stereocenters. The van der Waals surface area contributed by atoms with Crippen molar-refractivity contribution in [1.29, 1.82) is 0 Å². The first-order chi connectivity index (χ1) is 24.3. The number of benzene rings is 8. The molecule has 2 heterocycles. The molecule has 1 aromatic heterocycles. The van der Waals surface area contributed by atoms with Crippen LogP contribution in [0.15, 0.2) is 180 Å². The van der Waals surface area contributed by atoms with Gasteiger partial charge in [-0.2, -0.15) is 0 Å². The van der Waals surface area contributed by atoms with Gasteiger partial charge in [0.2, 0.25) is 0 Å². The Morgan fingerprint density at radius 1 is 0.388 bits per heavy atom. The van der Waals surface area contributed by atoms with E-state index in [-0.39, 0.29) is 0 Å². The van der Waals surface area contributed by atoms with Crippen LogP contribution in [0, 0.1) is 0 Å². The van der Waals surface area contributed by atoms with Crippen molar-refractivity contribution in [3.63, 3.8) is 0 Å². The summed E-state index contributed by atoms with van der Waals surface area (Å²) in [6.45, 7) is 0. The van der Waals surface area contributed by atoms with Crippen molar-refractivity contribution in [2.75, 3.05) is 4.90 Å². The average Bonchev–Trinajstić information content (AvgIpc) is 3.56. The van der Waals surface area contributed by atoms with E-state index in [1.54, 1.807) is 0 Å². The first-order valence-corrected chi connectivity index (χ1v) is 16.6. The summed E-state index contributed by atoms with van der Waals surface area (Å²) < 4.78 is 13.2. The van der Waals surface area contributed by atoms with Crippen LogP contribution in [0.1, 0.15) is 0 Å². The summed E-state index contributed by atoms with van der Waals surface area (Å²) in [6.07, 6.45) is 0. The van der Waals surface area contributed by atoms with Gasteiger partial charge in [-0.25, -0.2) is 0 Å². The normalized spacial score (nSPS) is 11.8. The Bertz CT molecular complexity index is 2690. The maximum Gasteiger partial charge on any atom is 0.159 e. The van der Waals surface area contributed by atoms with Gasteiger partial charge in [0, 0.05) is 33.1 Å². The van der Waals surface area contributed by atoms with Gasteiger partial charge in [-0.05, 0) is 87.8 Å². The lowest BCUT2D eigenvalue weighted by molar-refractivity contribution is 0.487. The van der Waals surface area contributed by atoms with E-state index in [1.165, 1.54) is 11.1 Å². The van der Waals surface area contributed by atoms with Crippen LogP contribution in [-0.2, 0) is 0 Å². The van der Waals surface area contributed by atoms with E-state index in [0.717, 1.165) is 83.5 Å². The summed E-state index contributed by atoms with van der Waals surface area (Å²) in [4.78, 5) is 2.29. The second-order valence-electron chi connectivity index (χ2n) is 12.5. The lowest BCUT2D eigenvalue weighted by atomic mass is 9.89. The minimum absolute atomic E-state index is 0.866. The molecule has 10 rings (SSSR count). The van der Waals surface area contributed by atoms with Crippen LogP contribution in [0.2, 0.25) is 0 Å². The highest BCUT2D eigenvalue weighted by atomic mass is 16.5. The summed E-state index contributed by atoms with van der Waals surface area (Å²) in [5.74, 6) is 1.76. The quantitative estimate of drug-likeness (QED) is 0.190. The summed E-state index contributed by atoms with van der Waals surface area (Å²) >= 11 is 0. The third-order valence-electron chi connectivity index (χ3n) is 9.66. The van der Waals surface area contributed by atoms with Crippen molar-refractivity contribution >= 4 is 49.8 Å². The van der Waals surface area contributed by atoms with Gasteiger partial charge in [-0.1, -0.05) is 121 Å². The average molecular weight is 628 g/mol. The van der Waals surface area contributed by atoms with E-state index in [4.69, 9.17) is 9.15 Å². The van der Waals surface area contributed by atoms with E-state index in [9.17, 15) is 0 Å². The lowest BCUT2D eigenvalue weighted by Crippen LogP contribution is -2.10. The second kappa shape index (κ2) is 11.0. The zero-order chi connectivity index (χ0) is 32.3. The van der Waals surface area contributed by atoms with E-state index in [0.29, 0.717) is 0 Å². The fourth-order valence-corrected chi connectivity index (χ4v) is 7.42. The summed E-state index contributed by atoms with van der Waals surface area (Å²) in [5, 5.41) is 4.52. The van der Waals surface area contributed by atoms with E-state index in [1.807, 2.05) is 18.2 Å². The number of rotatable bonds is 5. The minimum Gasteiger partial charge on any atom is -0.456 e. The van der Waals surface area contributed by atoms with Gasteiger partial charge in [-0.15, -0.1) is 0 Å². The molecule has 3 heteroatoms. The van der Waals surface area contributed by atoms with Crippen LogP contribution in [0.4, 0.5) is 17.1 Å². The second-order valence-corrected chi connectivity index (χ2v) is 12.5. The Morgan fingerprint density at radius 2 is 1.08 bits per heavy atom. The number of ether oxygens (including phenoxy) is 1. The molecule has 1 aliphatic rings. The molecule has 0 saturated carbocycles. The fraction of sp³-hybridized carbons (Fsp3) is 0. The first-order valence-electron chi connectivity index (χ1n) is 16.6. The van der Waals surface area contributed by atoms with Crippen LogP contribution >= 0.6 is 0 Å². The zero-order valence-electron chi connectivity index (χ0n) is 26.5. The van der Waals surface area contributed by atoms with Crippen LogP contribution in [0.5, 0.6) is 11.5 Å². The smallest absolute Gasteiger partial charge is 0.159 e. The van der Waals surface area contributed by atoms with Crippen molar-refractivity contribution in [1.82, 2.24) is 0 Å². The fourth-order valence-electron chi connectivity index (χ4n) is 7.42. The lowest BCUT2D eigenvalue weighted by Gasteiger charge is -2.26. The molecule has 0 fully saturated rings. The molecule has 0 N–H and O–H groups in total. The van der Waals surface area contributed by atoms with E-state index >= 15 is 0 Å². The van der Waals surface area contributed by atoms with Gasteiger partial charge >= 0.3 is 0 Å². The monoisotopic (exact) mass is 627 g/mol. The molecule has 1 aliphatic heterocycles. The van der Waals surface area contributed by atoms with E-state index < -0.39 is 0 Å². The highest BCUT2D eigenvalue weighted by Gasteiger charge is 2.23. The molecule has 0 atom stereocenters. The van der Waals surface area contributed by atoms with Crippen molar-refractivity contribution < 1.29 is 9.15 Å². The maximum absolute atomic E-state index is 6.63. The molecule has 0 saturated heterocycles.